The number of carbonyl (C=O) groups is 1. The van der Waals surface area contributed by atoms with Crippen molar-refractivity contribution in [2.75, 3.05) is 33.4 Å². The van der Waals surface area contributed by atoms with Gasteiger partial charge in [-0.25, -0.2) is 4.98 Å². The lowest BCUT2D eigenvalue weighted by atomic mass is 9.79. The van der Waals surface area contributed by atoms with Crippen LogP contribution in [0.5, 0.6) is 0 Å². The topological polar surface area (TPSA) is 67.7 Å². The van der Waals surface area contributed by atoms with E-state index in [-0.39, 0.29) is 11.3 Å². The zero-order chi connectivity index (χ0) is 15.4. The largest absolute Gasteiger partial charge is 0.384 e. The molecule has 1 saturated heterocycles. The summed E-state index contributed by atoms with van der Waals surface area (Å²) in [6, 6.07) is 0. The van der Waals surface area contributed by atoms with Gasteiger partial charge in [-0.05, 0) is 25.9 Å². The van der Waals surface area contributed by atoms with E-state index >= 15 is 0 Å². The van der Waals surface area contributed by atoms with Crippen molar-refractivity contribution < 1.29 is 9.53 Å². The Hall–Kier alpha value is -1.44. The Kier molecular flexibility index (Phi) is 4.75. The standard InChI is InChI=1S/C15H22N4O2S/c1-21-11-15(2-4-16-5-3-15)10-17-13(20)8-12-9-19-6-7-22-14(19)18-12/h6-7,9,16H,2-5,8,10-11H2,1H3,(H,17,20). The summed E-state index contributed by atoms with van der Waals surface area (Å²) in [7, 11) is 1.73. The summed E-state index contributed by atoms with van der Waals surface area (Å²) < 4.78 is 7.32. The van der Waals surface area contributed by atoms with Gasteiger partial charge in [0.2, 0.25) is 5.91 Å². The molecule has 1 fully saturated rings. The predicted molar refractivity (Wildman–Crippen MR) is 86.2 cm³/mol. The molecule has 0 aromatic carbocycles. The summed E-state index contributed by atoms with van der Waals surface area (Å²) in [5.41, 5.74) is 0.875. The lowest BCUT2D eigenvalue weighted by Gasteiger charge is -2.37. The quantitative estimate of drug-likeness (QED) is 0.835. The van der Waals surface area contributed by atoms with Crippen molar-refractivity contribution in [1.29, 1.82) is 0 Å². The van der Waals surface area contributed by atoms with E-state index in [0.717, 1.165) is 36.6 Å². The van der Waals surface area contributed by atoms with Crippen LogP contribution in [0, 0.1) is 5.41 Å². The van der Waals surface area contributed by atoms with Gasteiger partial charge >= 0.3 is 0 Å². The number of fused-ring (bicyclic) bond motifs is 1. The van der Waals surface area contributed by atoms with Crippen molar-refractivity contribution in [3.05, 3.63) is 23.5 Å². The Morgan fingerprint density at radius 1 is 1.55 bits per heavy atom. The van der Waals surface area contributed by atoms with Crippen molar-refractivity contribution in [3.63, 3.8) is 0 Å². The van der Waals surface area contributed by atoms with Crippen LogP contribution in [-0.2, 0) is 16.0 Å². The number of rotatable bonds is 6. The molecule has 0 unspecified atom stereocenters. The number of nitrogens with one attached hydrogen (secondary N) is 2. The molecule has 22 heavy (non-hydrogen) atoms. The molecule has 0 atom stereocenters. The van der Waals surface area contributed by atoms with Crippen LogP contribution in [0.2, 0.25) is 0 Å². The number of nitrogens with zero attached hydrogens (tertiary/aromatic N) is 2. The maximum absolute atomic E-state index is 12.2. The highest BCUT2D eigenvalue weighted by Crippen LogP contribution is 2.28. The molecule has 6 nitrogen and oxygen atoms in total. The number of ether oxygens (including phenoxy) is 1. The van der Waals surface area contributed by atoms with Gasteiger partial charge in [0.05, 0.1) is 18.7 Å². The molecule has 2 aromatic heterocycles. The fraction of sp³-hybridized carbons (Fsp3) is 0.600. The number of methoxy groups -OCH3 is 1. The molecular weight excluding hydrogens is 300 g/mol. The van der Waals surface area contributed by atoms with E-state index < -0.39 is 0 Å². The number of amides is 1. The van der Waals surface area contributed by atoms with Crippen LogP contribution in [0.4, 0.5) is 0 Å². The lowest BCUT2D eigenvalue weighted by molar-refractivity contribution is -0.121. The number of hydrogen-bond donors (Lipinski definition) is 2. The van der Waals surface area contributed by atoms with E-state index in [9.17, 15) is 4.79 Å². The number of piperidine rings is 1. The van der Waals surface area contributed by atoms with Crippen molar-refractivity contribution in [2.24, 2.45) is 5.41 Å². The maximum atomic E-state index is 12.2. The highest BCUT2D eigenvalue weighted by molar-refractivity contribution is 7.15. The molecule has 1 aliphatic rings. The molecule has 3 rings (SSSR count). The molecule has 1 aliphatic heterocycles. The first kappa shape index (κ1) is 15.5. The molecule has 120 valence electrons. The molecule has 2 aromatic rings. The second-order valence-electron chi connectivity index (χ2n) is 5.96. The lowest BCUT2D eigenvalue weighted by Crippen LogP contribution is -2.47. The van der Waals surface area contributed by atoms with Crippen LogP contribution in [0.3, 0.4) is 0 Å². The average Bonchev–Trinajstić information content (AvgIpc) is 3.08. The molecule has 0 radical (unpaired) electrons. The monoisotopic (exact) mass is 322 g/mol. The normalized spacial score (nSPS) is 17.7. The molecule has 2 N–H and O–H groups in total. The van der Waals surface area contributed by atoms with Gasteiger partial charge in [0.25, 0.3) is 0 Å². The van der Waals surface area contributed by atoms with E-state index in [1.54, 1.807) is 18.4 Å². The summed E-state index contributed by atoms with van der Waals surface area (Å²) in [5, 5.41) is 8.41. The fourth-order valence-corrected chi connectivity index (χ4v) is 3.73. The molecule has 1 amide bonds. The molecule has 0 aliphatic carbocycles. The van der Waals surface area contributed by atoms with Crippen molar-refractivity contribution in [1.82, 2.24) is 20.0 Å². The number of carbonyl (C=O) groups excluding carboxylic acids is 1. The Morgan fingerprint density at radius 2 is 2.36 bits per heavy atom. The summed E-state index contributed by atoms with van der Waals surface area (Å²) >= 11 is 1.57. The first-order chi connectivity index (χ1) is 10.7. The number of aromatic nitrogens is 2. The van der Waals surface area contributed by atoms with Crippen LogP contribution >= 0.6 is 11.3 Å². The van der Waals surface area contributed by atoms with E-state index in [1.165, 1.54) is 0 Å². The highest BCUT2D eigenvalue weighted by atomic mass is 32.1. The van der Waals surface area contributed by atoms with Crippen molar-refractivity contribution >= 4 is 22.2 Å². The minimum absolute atomic E-state index is 0.0276. The maximum Gasteiger partial charge on any atom is 0.226 e. The molecular formula is C15H22N4O2S. The third-order valence-electron chi connectivity index (χ3n) is 4.26. The SMILES string of the molecule is COCC1(CNC(=O)Cc2cn3ccsc3n2)CCNCC1. The first-order valence-electron chi connectivity index (χ1n) is 7.58. The summed E-state index contributed by atoms with van der Waals surface area (Å²) in [5.74, 6) is 0.0276. The molecule has 3 heterocycles. The minimum atomic E-state index is 0.0276. The number of hydrogen-bond acceptors (Lipinski definition) is 5. The van der Waals surface area contributed by atoms with Gasteiger partial charge in [0.1, 0.15) is 0 Å². The van der Waals surface area contributed by atoms with Crippen LogP contribution < -0.4 is 10.6 Å². The summed E-state index contributed by atoms with van der Waals surface area (Å²) in [6.45, 7) is 3.33. The molecule has 0 bridgehead atoms. The van der Waals surface area contributed by atoms with Crippen LogP contribution in [-0.4, -0.2) is 48.6 Å². The van der Waals surface area contributed by atoms with E-state index in [4.69, 9.17) is 4.74 Å². The molecule has 0 spiro atoms. The average molecular weight is 322 g/mol. The van der Waals surface area contributed by atoms with Gasteiger partial charge < -0.3 is 15.4 Å². The molecule has 7 heteroatoms. The first-order valence-corrected chi connectivity index (χ1v) is 8.46. The van der Waals surface area contributed by atoms with Gasteiger partial charge in [-0.15, -0.1) is 11.3 Å². The highest BCUT2D eigenvalue weighted by Gasteiger charge is 2.32. The van der Waals surface area contributed by atoms with Crippen molar-refractivity contribution in [2.45, 2.75) is 19.3 Å². The predicted octanol–water partition coefficient (Wildman–Crippen LogP) is 1.07. The van der Waals surface area contributed by atoms with Crippen LogP contribution in [0.15, 0.2) is 17.8 Å². The van der Waals surface area contributed by atoms with E-state index in [0.29, 0.717) is 19.6 Å². The fourth-order valence-electron chi connectivity index (χ4n) is 3.01. The second-order valence-corrected chi connectivity index (χ2v) is 6.83. The Morgan fingerprint density at radius 3 is 3.09 bits per heavy atom. The van der Waals surface area contributed by atoms with Crippen LogP contribution in [0.1, 0.15) is 18.5 Å². The van der Waals surface area contributed by atoms with E-state index in [1.807, 2.05) is 22.2 Å². The molecule has 0 saturated carbocycles. The van der Waals surface area contributed by atoms with Gasteiger partial charge in [0, 0.05) is 36.8 Å². The Balaban J connectivity index is 1.55. The van der Waals surface area contributed by atoms with Gasteiger partial charge in [0.15, 0.2) is 4.96 Å². The minimum Gasteiger partial charge on any atom is -0.384 e. The Labute approximate surface area is 133 Å². The van der Waals surface area contributed by atoms with Crippen molar-refractivity contribution in [3.8, 4) is 0 Å². The number of thiazole rings is 1. The zero-order valence-electron chi connectivity index (χ0n) is 12.8. The summed E-state index contributed by atoms with van der Waals surface area (Å²) in [4.78, 5) is 17.6. The third kappa shape index (κ3) is 3.48. The zero-order valence-corrected chi connectivity index (χ0v) is 13.6. The Bertz CT molecular complexity index is 596. The van der Waals surface area contributed by atoms with E-state index in [2.05, 4.69) is 15.6 Å². The second kappa shape index (κ2) is 6.76. The number of imidazole rings is 1. The third-order valence-corrected chi connectivity index (χ3v) is 5.03. The van der Waals surface area contributed by atoms with Gasteiger partial charge in [-0.3, -0.25) is 9.20 Å². The van der Waals surface area contributed by atoms with Crippen LogP contribution in [0.25, 0.3) is 4.96 Å². The smallest absolute Gasteiger partial charge is 0.226 e. The summed E-state index contributed by atoms with van der Waals surface area (Å²) in [6.07, 6.45) is 6.26. The van der Waals surface area contributed by atoms with Gasteiger partial charge in [-0.2, -0.15) is 0 Å². The van der Waals surface area contributed by atoms with Gasteiger partial charge in [-0.1, -0.05) is 0 Å².